The van der Waals surface area contributed by atoms with Gasteiger partial charge < -0.3 is 25.1 Å². The summed E-state index contributed by atoms with van der Waals surface area (Å²) in [4.78, 5) is 15.6. The van der Waals surface area contributed by atoms with Crippen molar-refractivity contribution in [2.24, 2.45) is 0 Å². The van der Waals surface area contributed by atoms with Gasteiger partial charge in [-0.05, 0) is 68.6 Å². The molecule has 0 saturated carbocycles. The molecule has 10 nitrogen and oxygen atoms in total. The van der Waals surface area contributed by atoms with Crippen LogP contribution < -0.4 is 15.8 Å². The van der Waals surface area contributed by atoms with E-state index in [9.17, 15) is 0 Å². The van der Waals surface area contributed by atoms with Gasteiger partial charge in [0.1, 0.15) is 5.75 Å². The van der Waals surface area contributed by atoms with Crippen LogP contribution in [0.4, 0.5) is 11.9 Å². The fourth-order valence-electron chi connectivity index (χ4n) is 4.13. The minimum absolute atomic E-state index is 0.208. The zero-order chi connectivity index (χ0) is 23.2. The molecular formula is C24H30N8O2. The van der Waals surface area contributed by atoms with Crippen molar-refractivity contribution in [3.05, 3.63) is 48.2 Å². The topological polar surface area (TPSA) is 120 Å². The third-order valence-electron chi connectivity index (χ3n) is 5.93. The van der Waals surface area contributed by atoms with Crippen molar-refractivity contribution < 1.29 is 9.15 Å². The Balaban J connectivity index is 1.08. The normalized spacial score (nSPS) is 14.5. The molecule has 0 bridgehead atoms. The Morgan fingerprint density at radius 1 is 1.03 bits per heavy atom. The maximum Gasteiger partial charge on any atom is 0.259 e. The summed E-state index contributed by atoms with van der Waals surface area (Å²) in [6.07, 6.45) is 7.48. The maximum absolute atomic E-state index is 6.04. The first-order valence-electron chi connectivity index (χ1n) is 11.9. The van der Waals surface area contributed by atoms with E-state index in [0.29, 0.717) is 29.9 Å². The molecule has 1 saturated heterocycles. The molecule has 178 valence electrons. The number of nitrogen functional groups attached to an aromatic ring is 1. The molecule has 5 rings (SSSR count). The van der Waals surface area contributed by atoms with Crippen LogP contribution in [0.15, 0.2) is 47.1 Å². The Morgan fingerprint density at radius 3 is 2.68 bits per heavy atom. The standard InChI is InChI=1S/C24H30N8O2/c25-22-28-23(29-24-27-21(30-32(22)24)20-6-4-16-34-20)26-12-11-18-7-9-19(10-8-18)33-17-5-15-31-13-2-1-3-14-31/h4,6-10,16H,1-3,5,11-15,17H2,(H3,25,26,27,28,29,30). The van der Waals surface area contributed by atoms with Gasteiger partial charge in [0.25, 0.3) is 5.78 Å². The number of likely N-dealkylation sites (tertiary alicyclic amines) is 1. The van der Waals surface area contributed by atoms with Crippen LogP contribution in [-0.4, -0.2) is 62.3 Å². The third kappa shape index (κ3) is 5.45. The molecule has 1 aliphatic heterocycles. The Morgan fingerprint density at radius 2 is 1.88 bits per heavy atom. The van der Waals surface area contributed by atoms with E-state index in [1.807, 2.05) is 12.1 Å². The van der Waals surface area contributed by atoms with E-state index in [2.05, 4.69) is 42.4 Å². The number of furan rings is 1. The predicted molar refractivity (Wildman–Crippen MR) is 130 cm³/mol. The van der Waals surface area contributed by atoms with E-state index in [4.69, 9.17) is 14.9 Å². The molecule has 4 aromatic rings. The van der Waals surface area contributed by atoms with Crippen LogP contribution in [0.1, 0.15) is 31.2 Å². The molecule has 0 atom stereocenters. The minimum atomic E-state index is 0.208. The number of anilines is 2. The van der Waals surface area contributed by atoms with Crippen LogP contribution in [0.2, 0.25) is 0 Å². The number of nitrogens with one attached hydrogen (secondary N) is 1. The minimum Gasteiger partial charge on any atom is -0.494 e. The molecule has 1 aliphatic rings. The Hall–Kier alpha value is -3.66. The number of hydrogen-bond donors (Lipinski definition) is 2. The van der Waals surface area contributed by atoms with Gasteiger partial charge in [-0.15, -0.1) is 5.10 Å². The van der Waals surface area contributed by atoms with Crippen molar-refractivity contribution in [2.75, 3.05) is 43.8 Å². The zero-order valence-electron chi connectivity index (χ0n) is 19.2. The first-order valence-corrected chi connectivity index (χ1v) is 11.9. The Kier molecular flexibility index (Phi) is 6.85. The lowest BCUT2D eigenvalue weighted by Crippen LogP contribution is -2.31. The first-order chi connectivity index (χ1) is 16.7. The summed E-state index contributed by atoms with van der Waals surface area (Å²) in [5, 5.41) is 7.52. The average molecular weight is 463 g/mol. The third-order valence-corrected chi connectivity index (χ3v) is 5.93. The fourth-order valence-corrected chi connectivity index (χ4v) is 4.13. The van der Waals surface area contributed by atoms with Crippen molar-refractivity contribution in [1.29, 1.82) is 0 Å². The molecule has 10 heteroatoms. The van der Waals surface area contributed by atoms with Gasteiger partial charge in [-0.2, -0.15) is 19.5 Å². The number of aromatic nitrogens is 5. The number of ether oxygens (including phenoxy) is 1. The SMILES string of the molecule is Nc1nc(NCCc2ccc(OCCCN3CCCCC3)cc2)nc2nc(-c3ccco3)nn12. The van der Waals surface area contributed by atoms with Gasteiger partial charge in [-0.3, -0.25) is 0 Å². The summed E-state index contributed by atoms with van der Waals surface area (Å²) in [6.45, 7) is 5.01. The smallest absolute Gasteiger partial charge is 0.259 e. The monoisotopic (exact) mass is 462 g/mol. The van der Waals surface area contributed by atoms with Crippen molar-refractivity contribution in [3.8, 4) is 17.3 Å². The van der Waals surface area contributed by atoms with Gasteiger partial charge in [0.05, 0.1) is 12.9 Å². The predicted octanol–water partition coefficient (Wildman–Crippen LogP) is 3.27. The summed E-state index contributed by atoms with van der Waals surface area (Å²) < 4.78 is 12.6. The molecule has 3 aromatic heterocycles. The second-order valence-corrected chi connectivity index (χ2v) is 8.45. The summed E-state index contributed by atoms with van der Waals surface area (Å²) >= 11 is 0. The number of nitrogens with zero attached hydrogens (tertiary/aromatic N) is 6. The summed E-state index contributed by atoms with van der Waals surface area (Å²) in [5.74, 6) is 2.86. The number of piperidine rings is 1. The van der Waals surface area contributed by atoms with Crippen molar-refractivity contribution in [2.45, 2.75) is 32.1 Å². The molecule has 1 aromatic carbocycles. The lowest BCUT2D eigenvalue weighted by molar-refractivity contribution is 0.205. The second kappa shape index (κ2) is 10.5. The zero-order valence-corrected chi connectivity index (χ0v) is 19.2. The van der Waals surface area contributed by atoms with E-state index in [0.717, 1.165) is 31.7 Å². The number of rotatable bonds is 10. The van der Waals surface area contributed by atoms with Crippen LogP contribution in [0.25, 0.3) is 17.4 Å². The molecule has 0 unspecified atom stereocenters. The molecule has 0 amide bonds. The number of fused-ring (bicyclic) bond motifs is 1. The van der Waals surface area contributed by atoms with Gasteiger partial charge >= 0.3 is 0 Å². The molecule has 3 N–H and O–H groups in total. The van der Waals surface area contributed by atoms with Crippen LogP contribution in [-0.2, 0) is 6.42 Å². The lowest BCUT2D eigenvalue weighted by Gasteiger charge is -2.26. The fraction of sp³-hybridized carbons (Fsp3) is 0.417. The highest BCUT2D eigenvalue weighted by Gasteiger charge is 2.14. The highest BCUT2D eigenvalue weighted by atomic mass is 16.5. The van der Waals surface area contributed by atoms with Gasteiger partial charge in [0.2, 0.25) is 17.7 Å². The van der Waals surface area contributed by atoms with Crippen LogP contribution >= 0.6 is 0 Å². The highest BCUT2D eigenvalue weighted by Crippen LogP contribution is 2.18. The van der Waals surface area contributed by atoms with Gasteiger partial charge in [-0.25, -0.2) is 0 Å². The molecule has 0 aliphatic carbocycles. The molecule has 34 heavy (non-hydrogen) atoms. The van der Waals surface area contributed by atoms with Crippen LogP contribution in [0.3, 0.4) is 0 Å². The van der Waals surface area contributed by atoms with Gasteiger partial charge in [0, 0.05) is 13.1 Å². The molecule has 0 radical (unpaired) electrons. The van der Waals surface area contributed by atoms with E-state index >= 15 is 0 Å². The van der Waals surface area contributed by atoms with Gasteiger partial charge in [-0.1, -0.05) is 18.6 Å². The van der Waals surface area contributed by atoms with Crippen molar-refractivity contribution in [3.63, 3.8) is 0 Å². The van der Waals surface area contributed by atoms with E-state index in [1.54, 1.807) is 18.4 Å². The maximum atomic E-state index is 6.04. The molecule has 4 heterocycles. The second-order valence-electron chi connectivity index (χ2n) is 8.45. The average Bonchev–Trinajstić information content (AvgIpc) is 3.54. The van der Waals surface area contributed by atoms with Crippen LogP contribution in [0, 0.1) is 0 Å². The molecule has 1 fully saturated rings. The van der Waals surface area contributed by atoms with Crippen molar-refractivity contribution >= 4 is 17.7 Å². The number of nitrogens with two attached hydrogens (primary N) is 1. The highest BCUT2D eigenvalue weighted by molar-refractivity contribution is 5.52. The Bertz CT molecular complexity index is 1180. The summed E-state index contributed by atoms with van der Waals surface area (Å²) in [5.41, 5.74) is 7.24. The molecule has 0 spiro atoms. The van der Waals surface area contributed by atoms with Crippen LogP contribution in [0.5, 0.6) is 5.75 Å². The first kappa shape index (κ1) is 22.1. The summed E-state index contributed by atoms with van der Waals surface area (Å²) in [7, 11) is 0. The summed E-state index contributed by atoms with van der Waals surface area (Å²) in [6, 6.07) is 11.8. The number of benzene rings is 1. The van der Waals surface area contributed by atoms with E-state index in [-0.39, 0.29) is 5.95 Å². The molecular weight excluding hydrogens is 432 g/mol. The number of hydrogen-bond acceptors (Lipinski definition) is 9. The van der Waals surface area contributed by atoms with Crippen molar-refractivity contribution in [1.82, 2.24) is 29.5 Å². The van der Waals surface area contributed by atoms with E-state index in [1.165, 1.54) is 42.4 Å². The largest absolute Gasteiger partial charge is 0.494 e. The Labute approximate surface area is 198 Å². The van der Waals surface area contributed by atoms with Gasteiger partial charge in [0.15, 0.2) is 5.76 Å². The lowest BCUT2D eigenvalue weighted by atomic mass is 10.1. The quantitative estimate of drug-likeness (QED) is 0.342. The van der Waals surface area contributed by atoms with E-state index < -0.39 is 0 Å².